The van der Waals surface area contributed by atoms with Crippen LogP contribution in [0.3, 0.4) is 0 Å². The maximum absolute atomic E-state index is 12.6. The van der Waals surface area contributed by atoms with Gasteiger partial charge in [-0.05, 0) is 57.9 Å². The van der Waals surface area contributed by atoms with Gasteiger partial charge < -0.3 is 19.4 Å². The van der Waals surface area contributed by atoms with Crippen LogP contribution in [0.2, 0.25) is 0 Å². The monoisotopic (exact) mass is 454 g/mol. The van der Waals surface area contributed by atoms with Crippen LogP contribution in [0.1, 0.15) is 49.9 Å². The van der Waals surface area contributed by atoms with Gasteiger partial charge in [0.1, 0.15) is 11.5 Å². The molecule has 32 heavy (non-hydrogen) atoms. The van der Waals surface area contributed by atoms with E-state index in [4.69, 9.17) is 9.47 Å². The third-order valence-corrected chi connectivity index (χ3v) is 5.95. The molecule has 0 bridgehead atoms. The Morgan fingerprint density at radius 2 is 1.72 bits per heavy atom. The van der Waals surface area contributed by atoms with Gasteiger partial charge in [0, 0.05) is 17.8 Å². The van der Waals surface area contributed by atoms with Gasteiger partial charge in [-0.25, -0.2) is 0 Å². The van der Waals surface area contributed by atoms with E-state index in [1.165, 1.54) is 11.8 Å². The quantitative estimate of drug-likeness (QED) is 0.439. The Hall–Kier alpha value is -3.00. The molecule has 0 spiro atoms. The Bertz CT molecular complexity index is 1060. The molecule has 1 amide bonds. The zero-order valence-corrected chi connectivity index (χ0v) is 20.2. The number of para-hydroxylation sites is 1. The zero-order chi connectivity index (χ0) is 23.3. The average molecular weight is 455 g/mol. The Kier molecular flexibility index (Phi) is 7.80. The van der Waals surface area contributed by atoms with Crippen LogP contribution in [0.25, 0.3) is 0 Å². The fourth-order valence-electron chi connectivity index (χ4n) is 3.40. The highest BCUT2D eigenvalue weighted by Crippen LogP contribution is 2.29. The molecular weight excluding hydrogens is 424 g/mol. The minimum Gasteiger partial charge on any atom is -0.497 e. The Labute approximate surface area is 193 Å². The van der Waals surface area contributed by atoms with Crippen LogP contribution >= 0.6 is 11.8 Å². The summed E-state index contributed by atoms with van der Waals surface area (Å²) >= 11 is 1.37. The van der Waals surface area contributed by atoms with E-state index in [1.54, 1.807) is 7.11 Å². The Morgan fingerprint density at radius 3 is 2.38 bits per heavy atom. The van der Waals surface area contributed by atoms with Crippen molar-refractivity contribution in [2.24, 2.45) is 0 Å². The molecule has 1 aromatic heterocycles. The molecule has 0 aliphatic heterocycles. The number of thioether (sulfide) groups is 1. The van der Waals surface area contributed by atoms with Crippen molar-refractivity contribution in [2.45, 2.75) is 51.9 Å². The first-order valence-corrected chi connectivity index (χ1v) is 11.5. The van der Waals surface area contributed by atoms with Gasteiger partial charge in [-0.3, -0.25) is 4.79 Å². The van der Waals surface area contributed by atoms with E-state index in [9.17, 15) is 4.79 Å². The lowest BCUT2D eigenvalue weighted by atomic mass is 10.1. The predicted octanol–water partition coefficient (Wildman–Crippen LogP) is 5.36. The maximum Gasteiger partial charge on any atom is 0.234 e. The lowest BCUT2D eigenvalue weighted by Gasteiger charge is -2.19. The van der Waals surface area contributed by atoms with Crippen LogP contribution in [0.5, 0.6) is 11.5 Å². The highest BCUT2D eigenvalue weighted by Gasteiger charge is 2.22. The second kappa shape index (κ2) is 10.5. The first kappa shape index (κ1) is 23.7. The second-order valence-electron chi connectivity index (χ2n) is 7.85. The van der Waals surface area contributed by atoms with Gasteiger partial charge in [-0.1, -0.05) is 36.0 Å². The molecule has 0 saturated carbocycles. The standard InChI is InChI=1S/C24H30N4O3S/c1-15(2)28-23(18(5)31-20-12-8-11-19(13-20)30-6)26-27-24(28)32-14-21(29)25-22-16(3)9-7-10-17(22)4/h7-13,15,18H,14H2,1-6H3,(H,25,29). The summed E-state index contributed by atoms with van der Waals surface area (Å²) in [6, 6.07) is 13.5. The van der Waals surface area contributed by atoms with Crippen LogP contribution in [-0.4, -0.2) is 33.5 Å². The molecule has 0 radical (unpaired) electrons. The van der Waals surface area contributed by atoms with Crippen molar-refractivity contribution < 1.29 is 14.3 Å². The second-order valence-corrected chi connectivity index (χ2v) is 8.79. The van der Waals surface area contributed by atoms with E-state index >= 15 is 0 Å². The average Bonchev–Trinajstić information content (AvgIpc) is 3.19. The lowest BCUT2D eigenvalue weighted by Crippen LogP contribution is -2.17. The molecule has 7 nitrogen and oxygen atoms in total. The van der Waals surface area contributed by atoms with E-state index in [0.29, 0.717) is 16.7 Å². The van der Waals surface area contributed by atoms with Gasteiger partial charge >= 0.3 is 0 Å². The summed E-state index contributed by atoms with van der Waals surface area (Å²) in [5.74, 6) is 2.29. The molecule has 2 aromatic carbocycles. The fourth-order valence-corrected chi connectivity index (χ4v) is 4.27. The zero-order valence-electron chi connectivity index (χ0n) is 19.4. The topological polar surface area (TPSA) is 78.3 Å². The first-order chi connectivity index (χ1) is 15.3. The minimum atomic E-state index is -0.324. The molecule has 0 aliphatic carbocycles. The SMILES string of the molecule is COc1cccc(OC(C)c2nnc(SCC(=O)Nc3c(C)cccc3C)n2C(C)C)c1. The Morgan fingerprint density at radius 1 is 1.06 bits per heavy atom. The van der Waals surface area contributed by atoms with Gasteiger partial charge in [-0.2, -0.15) is 0 Å². The third kappa shape index (κ3) is 5.62. The van der Waals surface area contributed by atoms with E-state index in [0.717, 1.165) is 22.6 Å². The van der Waals surface area contributed by atoms with E-state index in [-0.39, 0.29) is 23.8 Å². The van der Waals surface area contributed by atoms with Gasteiger partial charge in [-0.15, -0.1) is 10.2 Å². The van der Waals surface area contributed by atoms with Crippen molar-refractivity contribution in [2.75, 3.05) is 18.2 Å². The highest BCUT2D eigenvalue weighted by atomic mass is 32.2. The number of rotatable bonds is 9. The van der Waals surface area contributed by atoms with Crippen LogP contribution in [0, 0.1) is 13.8 Å². The van der Waals surface area contributed by atoms with Crippen LogP contribution in [0.15, 0.2) is 47.6 Å². The fraction of sp³-hybridized carbons (Fsp3) is 0.375. The van der Waals surface area contributed by atoms with Crippen molar-refractivity contribution in [3.8, 4) is 11.5 Å². The van der Waals surface area contributed by atoms with Gasteiger partial charge in [0.05, 0.1) is 12.9 Å². The van der Waals surface area contributed by atoms with Gasteiger partial charge in [0.25, 0.3) is 0 Å². The number of carbonyl (C=O) groups is 1. The predicted molar refractivity (Wildman–Crippen MR) is 128 cm³/mol. The van der Waals surface area contributed by atoms with E-state index in [1.807, 2.05) is 67.8 Å². The molecule has 1 atom stereocenters. The number of aryl methyl sites for hydroxylation is 2. The summed E-state index contributed by atoms with van der Waals surface area (Å²) in [5.41, 5.74) is 2.95. The first-order valence-electron chi connectivity index (χ1n) is 10.5. The summed E-state index contributed by atoms with van der Waals surface area (Å²) in [6.45, 7) is 10.0. The number of carbonyl (C=O) groups excluding carboxylic acids is 1. The van der Waals surface area contributed by atoms with Crippen LogP contribution in [-0.2, 0) is 4.79 Å². The molecule has 0 fully saturated rings. The molecule has 8 heteroatoms. The van der Waals surface area contributed by atoms with Crippen molar-refractivity contribution in [3.63, 3.8) is 0 Å². The molecule has 3 rings (SSSR count). The summed E-state index contributed by atoms with van der Waals surface area (Å²) in [5, 5.41) is 12.4. The van der Waals surface area contributed by atoms with Gasteiger partial charge in [0.2, 0.25) is 5.91 Å². The number of benzene rings is 2. The normalized spacial score (nSPS) is 12.0. The number of hydrogen-bond acceptors (Lipinski definition) is 6. The number of anilines is 1. The Balaban J connectivity index is 1.70. The largest absolute Gasteiger partial charge is 0.497 e. The van der Waals surface area contributed by atoms with Gasteiger partial charge in [0.15, 0.2) is 17.1 Å². The molecule has 1 N–H and O–H groups in total. The third-order valence-electron chi connectivity index (χ3n) is 5.00. The number of nitrogens with zero attached hydrogens (tertiary/aromatic N) is 3. The number of methoxy groups -OCH3 is 1. The van der Waals surface area contributed by atoms with Crippen molar-refractivity contribution in [1.29, 1.82) is 0 Å². The number of nitrogens with one attached hydrogen (secondary N) is 1. The summed E-state index contributed by atoms with van der Waals surface area (Å²) < 4.78 is 13.4. The number of amides is 1. The molecule has 170 valence electrons. The van der Waals surface area contributed by atoms with Crippen LogP contribution < -0.4 is 14.8 Å². The maximum atomic E-state index is 12.6. The van der Waals surface area contributed by atoms with Crippen molar-refractivity contribution in [1.82, 2.24) is 14.8 Å². The summed E-state index contributed by atoms with van der Waals surface area (Å²) in [4.78, 5) is 12.6. The number of hydrogen-bond donors (Lipinski definition) is 1. The highest BCUT2D eigenvalue weighted by molar-refractivity contribution is 7.99. The molecule has 3 aromatic rings. The molecular formula is C24H30N4O3S. The molecule has 0 aliphatic rings. The van der Waals surface area contributed by atoms with Crippen LogP contribution in [0.4, 0.5) is 5.69 Å². The summed E-state index contributed by atoms with van der Waals surface area (Å²) in [7, 11) is 1.62. The van der Waals surface area contributed by atoms with Crippen molar-refractivity contribution in [3.05, 3.63) is 59.4 Å². The van der Waals surface area contributed by atoms with Crippen molar-refractivity contribution >= 4 is 23.4 Å². The molecule has 1 heterocycles. The van der Waals surface area contributed by atoms with E-state index in [2.05, 4.69) is 29.4 Å². The van der Waals surface area contributed by atoms with E-state index < -0.39 is 0 Å². The smallest absolute Gasteiger partial charge is 0.234 e. The lowest BCUT2D eigenvalue weighted by molar-refractivity contribution is -0.113. The molecule has 0 saturated heterocycles. The number of aromatic nitrogens is 3. The summed E-state index contributed by atoms with van der Waals surface area (Å²) in [6.07, 6.45) is -0.324. The number of ether oxygens (including phenoxy) is 2. The molecule has 1 unspecified atom stereocenters. The minimum absolute atomic E-state index is 0.0760.